The van der Waals surface area contributed by atoms with Gasteiger partial charge in [0.05, 0.1) is 72.9 Å². The van der Waals surface area contributed by atoms with E-state index in [9.17, 15) is 0 Å². The number of para-hydroxylation sites is 4. The summed E-state index contributed by atoms with van der Waals surface area (Å²) in [6.07, 6.45) is 7.47. The van der Waals surface area contributed by atoms with Crippen LogP contribution in [0.3, 0.4) is 0 Å². The van der Waals surface area contributed by atoms with Gasteiger partial charge in [0.25, 0.3) is 0 Å². The molecule has 0 aliphatic heterocycles. The van der Waals surface area contributed by atoms with Crippen LogP contribution in [0.25, 0.3) is 11.0 Å². The zero-order valence-corrected chi connectivity index (χ0v) is 30.0. The molecule has 4 aromatic carbocycles. The number of aromatic nitrogens is 4. The summed E-state index contributed by atoms with van der Waals surface area (Å²) in [6, 6.07) is 46.6. The molecule has 9 nitrogen and oxygen atoms in total. The number of carbonyl (C=O) groups is 1. The van der Waals surface area contributed by atoms with Crippen molar-refractivity contribution in [1.29, 1.82) is 0 Å². The van der Waals surface area contributed by atoms with Gasteiger partial charge in [-0.05, 0) is 59.7 Å². The molecule has 54 heavy (non-hydrogen) atoms. The molecule has 0 amide bonds. The second-order valence-corrected chi connectivity index (χ2v) is 13.1. The highest BCUT2D eigenvalue weighted by molar-refractivity contribution is 5.97. The van der Waals surface area contributed by atoms with Gasteiger partial charge in [-0.25, -0.2) is 9.03 Å². The van der Waals surface area contributed by atoms with Gasteiger partial charge in [0.2, 0.25) is 0 Å². The first kappa shape index (κ1) is 34.2. The van der Waals surface area contributed by atoms with E-state index in [1.807, 2.05) is 155 Å². The van der Waals surface area contributed by atoms with Gasteiger partial charge in [0.15, 0.2) is 5.78 Å². The van der Waals surface area contributed by atoms with Crippen LogP contribution in [0.15, 0.2) is 170 Å². The Morgan fingerprint density at radius 2 is 0.907 bits per heavy atom. The summed E-state index contributed by atoms with van der Waals surface area (Å²) in [4.78, 5) is 16.4. The lowest BCUT2D eigenvalue weighted by Crippen LogP contribution is -2.34. The second kappa shape index (κ2) is 15.4. The standard InChI is InChI=1S/C45H40N6O3/c1-53-39-25-11-9-21-35(39)48-43(31-17-5-3-6-18-31)41(33-29-46-50-27-15-13-23-37(33)50)45(52)42(34-30-47-51-28-16-14-24-38(34)51)44(32-19-7-4-8-20-32)49-36-22-10-12-26-40(36)54-2/h3-30,41-44,48-49H,1-2H3. The molecular weight excluding hydrogens is 673 g/mol. The zero-order valence-electron chi connectivity index (χ0n) is 30.0. The first-order chi connectivity index (χ1) is 26.6. The minimum atomic E-state index is -0.758. The van der Waals surface area contributed by atoms with Gasteiger partial charge in [-0.1, -0.05) is 97.1 Å². The molecule has 4 heterocycles. The molecule has 4 aromatic heterocycles. The Morgan fingerprint density at radius 1 is 0.519 bits per heavy atom. The van der Waals surface area contributed by atoms with Gasteiger partial charge in [0, 0.05) is 23.5 Å². The predicted octanol–water partition coefficient (Wildman–Crippen LogP) is 9.14. The molecule has 4 unspecified atom stereocenters. The minimum Gasteiger partial charge on any atom is -0.495 e. The number of Topliss-reactive ketones (excluding diaryl/α,β-unsaturated/α-hetero) is 1. The van der Waals surface area contributed by atoms with Crippen LogP contribution in [0, 0.1) is 0 Å². The maximum atomic E-state index is 16.4. The molecule has 0 spiro atoms. The third-order valence-electron chi connectivity index (χ3n) is 10.0. The molecule has 8 aromatic rings. The summed E-state index contributed by atoms with van der Waals surface area (Å²) in [6.45, 7) is 0. The van der Waals surface area contributed by atoms with Crippen LogP contribution in [0.2, 0.25) is 0 Å². The van der Waals surface area contributed by atoms with Crippen LogP contribution in [0.5, 0.6) is 11.5 Å². The van der Waals surface area contributed by atoms with Crippen molar-refractivity contribution in [1.82, 2.24) is 19.2 Å². The Balaban J connectivity index is 1.39. The normalized spacial score (nSPS) is 13.5. The predicted molar refractivity (Wildman–Crippen MR) is 212 cm³/mol. The lowest BCUT2D eigenvalue weighted by Gasteiger charge is -2.35. The van der Waals surface area contributed by atoms with Gasteiger partial charge in [-0.2, -0.15) is 10.2 Å². The number of rotatable bonds is 14. The molecular formula is C45H40N6O3. The number of nitrogens with zero attached hydrogens (tertiary/aromatic N) is 4. The van der Waals surface area contributed by atoms with E-state index in [0.29, 0.717) is 11.5 Å². The number of methoxy groups -OCH3 is 2. The van der Waals surface area contributed by atoms with Gasteiger partial charge in [-0.3, -0.25) is 4.79 Å². The van der Waals surface area contributed by atoms with Crippen molar-refractivity contribution in [2.24, 2.45) is 0 Å². The maximum absolute atomic E-state index is 16.4. The number of nitrogens with one attached hydrogen (secondary N) is 2. The van der Waals surface area contributed by atoms with E-state index in [4.69, 9.17) is 19.7 Å². The smallest absolute Gasteiger partial charge is 0.152 e. The summed E-state index contributed by atoms with van der Waals surface area (Å²) in [5, 5.41) is 17.1. The first-order valence-corrected chi connectivity index (χ1v) is 17.9. The van der Waals surface area contributed by atoms with Crippen LogP contribution < -0.4 is 20.1 Å². The Labute approximate surface area is 313 Å². The van der Waals surface area contributed by atoms with Crippen molar-refractivity contribution in [3.05, 3.63) is 193 Å². The van der Waals surface area contributed by atoms with Crippen molar-refractivity contribution in [3.63, 3.8) is 0 Å². The molecule has 8 rings (SSSR count). The summed E-state index contributed by atoms with van der Waals surface area (Å²) >= 11 is 0. The molecule has 268 valence electrons. The highest BCUT2D eigenvalue weighted by Crippen LogP contribution is 2.46. The monoisotopic (exact) mass is 712 g/mol. The summed E-state index contributed by atoms with van der Waals surface area (Å²) < 4.78 is 15.3. The fourth-order valence-corrected chi connectivity index (χ4v) is 7.48. The molecule has 0 saturated heterocycles. The number of anilines is 2. The summed E-state index contributed by atoms with van der Waals surface area (Å²) in [5.41, 5.74) is 6.67. The second-order valence-electron chi connectivity index (χ2n) is 13.1. The fraction of sp³-hybridized carbons (Fsp3) is 0.133. The highest BCUT2D eigenvalue weighted by Gasteiger charge is 2.43. The third-order valence-corrected chi connectivity index (χ3v) is 10.0. The molecule has 0 radical (unpaired) electrons. The quantitative estimate of drug-likeness (QED) is 0.116. The Hall–Kier alpha value is -6.87. The number of pyridine rings is 2. The Kier molecular flexibility index (Phi) is 9.76. The average molecular weight is 713 g/mol. The third kappa shape index (κ3) is 6.63. The zero-order chi connectivity index (χ0) is 36.9. The molecule has 9 heteroatoms. The van der Waals surface area contributed by atoms with Crippen LogP contribution in [-0.2, 0) is 4.79 Å². The summed E-state index contributed by atoms with van der Waals surface area (Å²) in [5.74, 6) is -0.203. The van der Waals surface area contributed by atoms with Gasteiger partial charge in [-0.15, -0.1) is 0 Å². The first-order valence-electron chi connectivity index (χ1n) is 17.9. The van der Waals surface area contributed by atoms with Crippen LogP contribution >= 0.6 is 0 Å². The highest BCUT2D eigenvalue weighted by atomic mass is 16.5. The number of fused-ring (bicyclic) bond motifs is 2. The summed E-state index contributed by atoms with van der Waals surface area (Å²) in [7, 11) is 3.31. The topological polar surface area (TPSA) is 94.2 Å². The van der Waals surface area contributed by atoms with E-state index < -0.39 is 23.9 Å². The molecule has 0 fully saturated rings. The van der Waals surface area contributed by atoms with Gasteiger partial charge < -0.3 is 20.1 Å². The van der Waals surface area contributed by atoms with Gasteiger partial charge >= 0.3 is 0 Å². The van der Waals surface area contributed by atoms with Crippen LogP contribution in [0.4, 0.5) is 11.4 Å². The number of ketones is 1. The van der Waals surface area contributed by atoms with E-state index >= 15 is 4.79 Å². The largest absolute Gasteiger partial charge is 0.495 e. The number of hydrogen-bond acceptors (Lipinski definition) is 7. The van der Waals surface area contributed by atoms with Gasteiger partial charge in [0.1, 0.15) is 11.5 Å². The van der Waals surface area contributed by atoms with E-state index in [-0.39, 0.29) is 5.78 Å². The fourth-order valence-electron chi connectivity index (χ4n) is 7.48. The van der Waals surface area contributed by atoms with E-state index in [1.165, 1.54) is 0 Å². The average Bonchev–Trinajstić information content (AvgIpc) is 3.86. The Morgan fingerprint density at radius 3 is 1.33 bits per heavy atom. The van der Waals surface area contributed by atoms with Crippen LogP contribution in [0.1, 0.15) is 46.2 Å². The number of hydrogen-bond donors (Lipinski definition) is 2. The lowest BCUT2D eigenvalue weighted by atomic mass is 9.74. The molecule has 0 aliphatic rings. The van der Waals surface area contributed by atoms with Crippen molar-refractivity contribution >= 4 is 28.2 Å². The van der Waals surface area contributed by atoms with Crippen molar-refractivity contribution < 1.29 is 14.3 Å². The SMILES string of the molecule is COc1ccccc1NC(c1ccccc1)C(C(=O)C(c1cnn2ccccc12)C(Nc1ccccc1OC)c1ccccc1)c1cnn2ccccc12. The van der Waals surface area contributed by atoms with E-state index in [0.717, 1.165) is 44.7 Å². The van der Waals surface area contributed by atoms with Crippen molar-refractivity contribution in [2.45, 2.75) is 23.9 Å². The number of carbonyl (C=O) groups excluding carboxylic acids is 1. The molecule has 2 N–H and O–H groups in total. The molecule has 4 atom stereocenters. The number of benzene rings is 4. The number of ether oxygens (including phenoxy) is 2. The van der Waals surface area contributed by atoms with Crippen molar-refractivity contribution in [2.75, 3.05) is 24.9 Å². The van der Waals surface area contributed by atoms with E-state index in [2.05, 4.69) is 34.9 Å². The Bertz CT molecular complexity index is 2320. The lowest BCUT2D eigenvalue weighted by molar-refractivity contribution is -0.122. The molecule has 0 saturated carbocycles. The molecule has 0 aliphatic carbocycles. The maximum Gasteiger partial charge on any atom is 0.152 e. The van der Waals surface area contributed by atoms with Crippen LogP contribution in [-0.4, -0.2) is 39.2 Å². The van der Waals surface area contributed by atoms with Crippen molar-refractivity contribution in [3.8, 4) is 11.5 Å². The van der Waals surface area contributed by atoms with E-state index in [1.54, 1.807) is 14.2 Å². The minimum absolute atomic E-state index is 0.0278. The molecule has 0 bridgehead atoms.